The molecular weight excluding hydrogens is 242 g/mol. The van der Waals surface area contributed by atoms with E-state index in [1.807, 2.05) is 0 Å². The van der Waals surface area contributed by atoms with E-state index in [0.717, 1.165) is 32.1 Å². The predicted octanol–water partition coefficient (Wildman–Crippen LogP) is 2.50. The molecule has 0 amide bonds. The van der Waals surface area contributed by atoms with Crippen LogP contribution in [0.15, 0.2) is 0 Å². The average molecular weight is 271 g/mol. The largest absolute Gasteiger partial charge is 0.468 e. The van der Waals surface area contributed by atoms with Crippen molar-refractivity contribution in [2.24, 2.45) is 17.6 Å². The molecule has 19 heavy (non-hydrogen) atoms. The number of methoxy groups -OCH3 is 1. The van der Waals surface area contributed by atoms with Crippen molar-refractivity contribution in [3.05, 3.63) is 0 Å². The molecule has 0 spiro atoms. The SMILES string of the molecule is COC(=O)C1(N)CCCC1CCOC(C)CC(C)C. The zero-order valence-electron chi connectivity index (χ0n) is 12.8. The van der Waals surface area contributed by atoms with Crippen LogP contribution >= 0.6 is 0 Å². The first-order valence-electron chi connectivity index (χ1n) is 7.39. The number of rotatable bonds is 7. The molecule has 1 saturated carbocycles. The van der Waals surface area contributed by atoms with E-state index in [4.69, 9.17) is 15.2 Å². The lowest BCUT2D eigenvalue weighted by atomic mass is 9.86. The lowest BCUT2D eigenvalue weighted by molar-refractivity contribution is -0.148. The van der Waals surface area contributed by atoms with E-state index in [9.17, 15) is 4.79 Å². The predicted molar refractivity (Wildman–Crippen MR) is 75.8 cm³/mol. The fourth-order valence-corrected chi connectivity index (χ4v) is 3.11. The molecule has 112 valence electrons. The Labute approximate surface area is 117 Å². The Morgan fingerprint density at radius 3 is 2.68 bits per heavy atom. The molecule has 0 aromatic rings. The summed E-state index contributed by atoms with van der Waals surface area (Å²) in [4.78, 5) is 11.8. The van der Waals surface area contributed by atoms with Gasteiger partial charge in [0.15, 0.2) is 0 Å². The summed E-state index contributed by atoms with van der Waals surface area (Å²) in [5.74, 6) is 0.557. The molecule has 0 aromatic heterocycles. The molecule has 4 heteroatoms. The van der Waals surface area contributed by atoms with Gasteiger partial charge >= 0.3 is 5.97 Å². The van der Waals surface area contributed by atoms with Crippen LogP contribution in [0.4, 0.5) is 0 Å². The fraction of sp³-hybridized carbons (Fsp3) is 0.933. The Kier molecular flexibility index (Phi) is 6.27. The van der Waals surface area contributed by atoms with E-state index < -0.39 is 5.54 Å². The molecule has 0 saturated heterocycles. The van der Waals surface area contributed by atoms with E-state index in [1.54, 1.807) is 0 Å². The number of hydrogen-bond donors (Lipinski definition) is 1. The molecule has 0 aliphatic heterocycles. The summed E-state index contributed by atoms with van der Waals surface area (Å²) >= 11 is 0. The van der Waals surface area contributed by atoms with Gasteiger partial charge in [0.25, 0.3) is 0 Å². The molecule has 3 unspecified atom stereocenters. The number of hydrogen-bond acceptors (Lipinski definition) is 4. The zero-order chi connectivity index (χ0) is 14.5. The Morgan fingerprint density at radius 1 is 1.42 bits per heavy atom. The van der Waals surface area contributed by atoms with E-state index in [1.165, 1.54) is 7.11 Å². The minimum atomic E-state index is -0.792. The highest BCUT2D eigenvalue weighted by Gasteiger charge is 2.46. The van der Waals surface area contributed by atoms with E-state index >= 15 is 0 Å². The number of esters is 1. The first-order valence-corrected chi connectivity index (χ1v) is 7.39. The maximum atomic E-state index is 11.8. The quantitative estimate of drug-likeness (QED) is 0.723. The van der Waals surface area contributed by atoms with Crippen LogP contribution in [0, 0.1) is 11.8 Å². The smallest absolute Gasteiger partial charge is 0.326 e. The molecule has 3 atom stereocenters. The highest BCUT2D eigenvalue weighted by atomic mass is 16.5. The summed E-state index contributed by atoms with van der Waals surface area (Å²) in [6.45, 7) is 7.16. The average Bonchev–Trinajstić information content (AvgIpc) is 2.70. The summed E-state index contributed by atoms with van der Waals surface area (Å²) in [5.41, 5.74) is 5.43. The van der Waals surface area contributed by atoms with Crippen molar-refractivity contribution >= 4 is 5.97 Å². The summed E-state index contributed by atoms with van der Waals surface area (Å²) < 4.78 is 10.7. The van der Waals surface area contributed by atoms with Crippen molar-refractivity contribution in [2.75, 3.05) is 13.7 Å². The number of carbonyl (C=O) groups excluding carboxylic acids is 1. The van der Waals surface area contributed by atoms with Gasteiger partial charge in [-0.05, 0) is 44.4 Å². The summed E-state index contributed by atoms with van der Waals surface area (Å²) in [6, 6.07) is 0. The van der Waals surface area contributed by atoms with Gasteiger partial charge in [-0.15, -0.1) is 0 Å². The van der Waals surface area contributed by atoms with Gasteiger partial charge in [-0.25, -0.2) is 0 Å². The number of nitrogens with two attached hydrogens (primary N) is 1. The van der Waals surface area contributed by atoms with Crippen LogP contribution in [0.3, 0.4) is 0 Å². The molecule has 0 radical (unpaired) electrons. The van der Waals surface area contributed by atoms with Crippen molar-refractivity contribution in [3.8, 4) is 0 Å². The Bertz CT molecular complexity index is 293. The maximum Gasteiger partial charge on any atom is 0.326 e. The Hall–Kier alpha value is -0.610. The third-order valence-corrected chi connectivity index (χ3v) is 4.11. The third kappa shape index (κ3) is 4.46. The van der Waals surface area contributed by atoms with E-state index in [-0.39, 0.29) is 18.0 Å². The summed E-state index contributed by atoms with van der Waals surface area (Å²) in [5, 5.41) is 0. The molecule has 1 rings (SSSR count). The van der Waals surface area contributed by atoms with Crippen molar-refractivity contribution < 1.29 is 14.3 Å². The van der Waals surface area contributed by atoms with E-state index in [2.05, 4.69) is 20.8 Å². The lowest BCUT2D eigenvalue weighted by Gasteiger charge is -2.28. The highest BCUT2D eigenvalue weighted by Crippen LogP contribution is 2.37. The maximum absolute atomic E-state index is 11.8. The highest BCUT2D eigenvalue weighted by molar-refractivity contribution is 5.81. The van der Waals surface area contributed by atoms with Crippen molar-refractivity contribution in [3.63, 3.8) is 0 Å². The number of ether oxygens (including phenoxy) is 2. The Balaban J connectivity index is 2.38. The van der Waals surface area contributed by atoms with E-state index in [0.29, 0.717) is 12.5 Å². The van der Waals surface area contributed by atoms with Crippen LogP contribution in [0.5, 0.6) is 0 Å². The van der Waals surface area contributed by atoms with Crippen molar-refractivity contribution in [1.82, 2.24) is 0 Å². The molecule has 0 heterocycles. The number of carbonyl (C=O) groups is 1. The second-order valence-electron chi connectivity index (χ2n) is 6.22. The first kappa shape index (κ1) is 16.4. The van der Waals surface area contributed by atoms with Crippen LogP contribution < -0.4 is 5.73 Å². The first-order chi connectivity index (χ1) is 8.90. The standard InChI is InChI=1S/C15H29NO3/c1-11(2)10-12(3)19-9-7-13-6-5-8-15(13,16)14(17)18-4/h11-13H,5-10,16H2,1-4H3. The van der Waals surface area contributed by atoms with Crippen LogP contribution in [-0.2, 0) is 14.3 Å². The lowest BCUT2D eigenvalue weighted by Crippen LogP contribution is -2.52. The van der Waals surface area contributed by atoms with Crippen LogP contribution in [0.25, 0.3) is 0 Å². The molecule has 2 N–H and O–H groups in total. The van der Waals surface area contributed by atoms with Crippen LogP contribution in [-0.4, -0.2) is 31.3 Å². The van der Waals surface area contributed by atoms with Gasteiger partial charge in [0.1, 0.15) is 5.54 Å². The van der Waals surface area contributed by atoms with Gasteiger partial charge in [0.2, 0.25) is 0 Å². The minimum absolute atomic E-state index is 0.186. The Morgan fingerprint density at radius 2 is 2.11 bits per heavy atom. The van der Waals surface area contributed by atoms with Gasteiger partial charge in [-0.3, -0.25) is 4.79 Å². The monoisotopic (exact) mass is 271 g/mol. The molecule has 0 bridgehead atoms. The fourth-order valence-electron chi connectivity index (χ4n) is 3.11. The van der Waals surface area contributed by atoms with Gasteiger partial charge in [0.05, 0.1) is 13.2 Å². The second-order valence-corrected chi connectivity index (χ2v) is 6.22. The summed E-state index contributed by atoms with van der Waals surface area (Å²) in [7, 11) is 1.41. The molecule has 1 fully saturated rings. The van der Waals surface area contributed by atoms with Gasteiger partial charge in [-0.1, -0.05) is 20.3 Å². The molecule has 1 aliphatic rings. The molecule has 0 aromatic carbocycles. The topological polar surface area (TPSA) is 61.5 Å². The minimum Gasteiger partial charge on any atom is -0.468 e. The van der Waals surface area contributed by atoms with Crippen LogP contribution in [0.2, 0.25) is 0 Å². The zero-order valence-corrected chi connectivity index (χ0v) is 12.8. The van der Waals surface area contributed by atoms with Gasteiger partial charge in [-0.2, -0.15) is 0 Å². The van der Waals surface area contributed by atoms with Gasteiger partial charge < -0.3 is 15.2 Å². The molecule has 4 nitrogen and oxygen atoms in total. The summed E-state index contributed by atoms with van der Waals surface area (Å²) in [6.07, 6.45) is 4.90. The third-order valence-electron chi connectivity index (χ3n) is 4.11. The van der Waals surface area contributed by atoms with Crippen LogP contribution in [0.1, 0.15) is 52.9 Å². The van der Waals surface area contributed by atoms with Crippen molar-refractivity contribution in [2.45, 2.75) is 64.5 Å². The normalized spacial score (nSPS) is 28.6. The van der Waals surface area contributed by atoms with Gasteiger partial charge in [0, 0.05) is 6.61 Å². The van der Waals surface area contributed by atoms with Crippen molar-refractivity contribution in [1.29, 1.82) is 0 Å². The molecule has 1 aliphatic carbocycles. The second kappa shape index (κ2) is 7.25. The molecular formula is C15H29NO3.